The number of carbonyl (C=O) groups excluding carboxylic acids is 1. The van der Waals surface area contributed by atoms with Crippen LogP contribution in [0.1, 0.15) is 26.0 Å². The van der Waals surface area contributed by atoms with E-state index in [9.17, 15) is 4.79 Å². The molecule has 36 heavy (non-hydrogen) atoms. The van der Waals surface area contributed by atoms with Crippen molar-refractivity contribution in [3.63, 3.8) is 0 Å². The number of anilines is 2. The minimum Gasteiger partial charge on any atom is -0.493 e. The Morgan fingerprint density at radius 3 is 2.64 bits per heavy atom. The predicted molar refractivity (Wildman–Crippen MR) is 136 cm³/mol. The quantitative estimate of drug-likeness (QED) is 0.263. The van der Waals surface area contributed by atoms with E-state index in [1.807, 2.05) is 0 Å². The van der Waals surface area contributed by atoms with Gasteiger partial charge in [-0.15, -0.1) is 0 Å². The number of halogens is 1. The Kier molecular flexibility index (Phi) is 7.74. The molecule has 2 N–H and O–H groups in total. The maximum absolute atomic E-state index is 12.2. The van der Waals surface area contributed by atoms with Crippen LogP contribution in [0.25, 0.3) is 10.9 Å². The molecular weight excluding hydrogens is 486 g/mol. The van der Waals surface area contributed by atoms with E-state index in [2.05, 4.69) is 39.6 Å². The predicted octanol–water partition coefficient (Wildman–Crippen LogP) is 6.45. The van der Waals surface area contributed by atoms with Crippen molar-refractivity contribution >= 4 is 40.0 Å². The van der Waals surface area contributed by atoms with E-state index >= 15 is 0 Å². The first-order valence-corrected chi connectivity index (χ1v) is 11.6. The number of benzene rings is 2. The molecule has 11 heteroatoms. The summed E-state index contributed by atoms with van der Waals surface area (Å²) in [6, 6.07) is 9.53. The van der Waals surface area contributed by atoms with Gasteiger partial charge in [0.05, 0.1) is 35.3 Å². The van der Waals surface area contributed by atoms with Crippen molar-refractivity contribution in [3.05, 3.63) is 53.5 Å². The maximum atomic E-state index is 12.2. The second kappa shape index (κ2) is 11.1. The second-order valence-electron chi connectivity index (χ2n) is 8.38. The van der Waals surface area contributed by atoms with Gasteiger partial charge in [-0.05, 0) is 37.5 Å². The molecule has 10 nitrogen and oxygen atoms in total. The van der Waals surface area contributed by atoms with Gasteiger partial charge in [0, 0.05) is 18.2 Å². The van der Waals surface area contributed by atoms with Crippen molar-refractivity contribution in [3.8, 4) is 23.1 Å². The third-order valence-corrected chi connectivity index (χ3v) is 5.42. The van der Waals surface area contributed by atoms with Crippen LogP contribution in [0.5, 0.6) is 23.1 Å². The zero-order valence-electron chi connectivity index (χ0n) is 20.3. The number of fused-ring (bicyclic) bond motifs is 1. The summed E-state index contributed by atoms with van der Waals surface area (Å²) in [5.41, 5.74) is 1.03. The molecule has 0 radical (unpaired) electrons. The summed E-state index contributed by atoms with van der Waals surface area (Å²) in [4.78, 5) is 20.8. The molecule has 2 amide bonds. The zero-order valence-corrected chi connectivity index (χ0v) is 21.0. The van der Waals surface area contributed by atoms with Gasteiger partial charge in [0.1, 0.15) is 17.8 Å². The molecule has 0 unspecified atom stereocenters. The van der Waals surface area contributed by atoms with Gasteiger partial charge in [0.25, 0.3) is 0 Å². The fourth-order valence-electron chi connectivity index (χ4n) is 3.27. The number of nitrogens with zero attached hydrogens (tertiary/aromatic N) is 3. The normalized spacial score (nSPS) is 10.9. The van der Waals surface area contributed by atoms with Crippen molar-refractivity contribution in [2.45, 2.75) is 27.2 Å². The first-order valence-electron chi connectivity index (χ1n) is 11.3. The van der Waals surface area contributed by atoms with E-state index < -0.39 is 6.03 Å². The summed E-state index contributed by atoms with van der Waals surface area (Å²) in [7, 11) is 1.58. The van der Waals surface area contributed by atoms with Gasteiger partial charge in [-0.25, -0.2) is 14.8 Å². The molecule has 0 bridgehead atoms. The largest absolute Gasteiger partial charge is 0.493 e. The van der Waals surface area contributed by atoms with Crippen LogP contribution < -0.4 is 24.8 Å². The number of urea groups is 1. The van der Waals surface area contributed by atoms with Gasteiger partial charge in [-0.2, -0.15) is 0 Å². The third kappa shape index (κ3) is 6.14. The molecule has 188 valence electrons. The van der Waals surface area contributed by atoms with Crippen LogP contribution in [-0.2, 0) is 0 Å². The number of carbonyl (C=O) groups is 1. The number of rotatable bonds is 9. The van der Waals surface area contributed by atoms with Crippen LogP contribution in [0.15, 0.2) is 47.2 Å². The molecule has 4 aromatic rings. The Morgan fingerprint density at radius 1 is 1.11 bits per heavy atom. The summed E-state index contributed by atoms with van der Waals surface area (Å²) in [5.74, 6) is 3.30. The third-order valence-electron chi connectivity index (χ3n) is 5.11. The summed E-state index contributed by atoms with van der Waals surface area (Å²) in [5, 5.41) is 9.86. The van der Waals surface area contributed by atoms with Crippen LogP contribution in [0, 0.1) is 12.8 Å². The van der Waals surface area contributed by atoms with Gasteiger partial charge in [0.2, 0.25) is 5.88 Å². The average molecular weight is 512 g/mol. The van der Waals surface area contributed by atoms with E-state index in [1.165, 1.54) is 6.33 Å². The standard InChI is InChI=1S/C25H26ClN5O5/c1-14(2)7-8-34-22-12-20-17(11-21(22)33-4)24(28-13-27-20)35-16-5-6-19(18(26)10-16)29-25(32)30-23-9-15(3)36-31-23/h5-6,9-14H,7-8H2,1-4H3,(H2,29,30,31,32). The van der Waals surface area contributed by atoms with E-state index in [-0.39, 0.29) is 5.02 Å². The molecule has 0 atom stereocenters. The van der Waals surface area contributed by atoms with Gasteiger partial charge < -0.3 is 24.1 Å². The number of amides is 2. The molecule has 2 heterocycles. The molecule has 2 aromatic heterocycles. The van der Waals surface area contributed by atoms with Gasteiger partial charge in [0.15, 0.2) is 17.3 Å². The molecule has 0 fully saturated rings. The first kappa shape index (κ1) is 25.1. The molecule has 2 aromatic carbocycles. The molecular formula is C25H26ClN5O5. The van der Waals surface area contributed by atoms with Crippen molar-refractivity contribution in [1.29, 1.82) is 0 Å². The molecule has 0 saturated carbocycles. The Balaban J connectivity index is 1.50. The summed E-state index contributed by atoms with van der Waals surface area (Å²) in [6.07, 6.45) is 2.34. The lowest BCUT2D eigenvalue weighted by molar-refractivity contribution is 0.262. The van der Waals surface area contributed by atoms with Gasteiger partial charge in [-0.3, -0.25) is 5.32 Å². The lowest BCUT2D eigenvalue weighted by Gasteiger charge is -2.14. The zero-order chi connectivity index (χ0) is 25.7. The lowest BCUT2D eigenvalue weighted by atomic mass is 10.1. The Morgan fingerprint density at radius 2 is 1.94 bits per heavy atom. The topological polar surface area (TPSA) is 121 Å². The van der Waals surface area contributed by atoms with Gasteiger partial charge in [-0.1, -0.05) is 30.6 Å². The highest BCUT2D eigenvalue weighted by atomic mass is 35.5. The monoisotopic (exact) mass is 511 g/mol. The van der Waals surface area contributed by atoms with Crippen molar-refractivity contribution in [1.82, 2.24) is 15.1 Å². The number of aromatic nitrogens is 3. The van der Waals surface area contributed by atoms with Crippen molar-refractivity contribution in [2.75, 3.05) is 24.4 Å². The highest BCUT2D eigenvalue weighted by molar-refractivity contribution is 6.34. The van der Waals surface area contributed by atoms with Crippen molar-refractivity contribution < 1.29 is 23.5 Å². The fourth-order valence-corrected chi connectivity index (χ4v) is 3.48. The minimum absolute atomic E-state index is 0.274. The van der Waals surface area contributed by atoms with Crippen molar-refractivity contribution in [2.24, 2.45) is 5.92 Å². The molecule has 4 rings (SSSR count). The van der Waals surface area contributed by atoms with E-state index in [4.69, 9.17) is 30.3 Å². The Bertz CT molecular complexity index is 1370. The molecule has 0 saturated heterocycles. The van der Waals surface area contributed by atoms with Crippen LogP contribution in [0.4, 0.5) is 16.3 Å². The van der Waals surface area contributed by atoms with Crippen LogP contribution >= 0.6 is 11.6 Å². The number of nitrogens with one attached hydrogen (secondary N) is 2. The highest BCUT2D eigenvalue weighted by Gasteiger charge is 2.15. The molecule has 0 aliphatic rings. The maximum Gasteiger partial charge on any atom is 0.324 e. The minimum atomic E-state index is -0.515. The summed E-state index contributed by atoms with van der Waals surface area (Å²) < 4.78 is 22.4. The van der Waals surface area contributed by atoms with Gasteiger partial charge >= 0.3 is 6.03 Å². The fraction of sp³-hybridized carbons (Fsp3) is 0.280. The highest BCUT2D eigenvalue weighted by Crippen LogP contribution is 2.37. The second-order valence-corrected chi connectivity index (χ2v) is 8.78. The number of hydrogen-bond donors (Lipinski definition) is 2. The number of ether oxygens (including phenoxy) is 3. The smallest absolute Gasteiger partial charge is 0.324 e. The molecule has 0 spiro atoms. The molecule has 0 aliphatic carbocycles. The van der Waals surface area contributed by atoms with E-state index in [1.54, 1.807) is 50.4 Å². The number of hydrogen-bond acceptors (Lipinski definition) is 8. The molecule has 0 aliphatic heterocycles. The first-order chi connectivity index (χ1) is 17.3. The van der Waals surface area contributed by atoms with E-state index in [0.717, 1.165) is 6.42 Å². The number of aryl methyl sites for hydroxylation is 1. The summed E-state index contributed by atoms with van der Waals surface area (Å²) >= 11 is 6.38. The van der Waals surface area contributed by atoms with Crippen LogP contribution in [0.3, 0.4) is 0 Å². The summed E-state index contributed by atoms with van der Waals surface area (Å²) in [6.45, 7) is 6.58. The van der Waals surface area contributed by atoms with E-state index in [0.29, 0.717) is 63.8 Å². The number of methoxy groups -OCH3 is 1. The Labute approximate surface area is 212 Å². The SMILES string of the molecule is COc1cc2c(Oc3ccc(NC(=O)Nc4cc(C)on4)c(Cl)c3)ncnc2cc1OCCC(C)C. The lowest BCUT2D eigenvalue weighted by Crippen LogP contribution is -2.19. The Hall–Kier alpha value is -4.05. The van der Waals surface area contributed by atoms with Crippen LogP contribution in [0.2, 0.25) is 5.02 Å². The van der Waals surface area contributed by atoms with Crippen LogP contribution in [-0.4, -0.2) is 34.9 Å². The average Bonchev–Trinajstić information content (AvgIpc) is 3.24.